The summed E-state index contributed by atoms with van der Waals surface area (Å²) >= 11 is 1.58. The van der Waals surface area contributed by atoms with Gasteiger partial charge in [-0.25, -0.2) is 8.42 Å². The van der Waals surface area contributed by atoms with Crippen LogP contribution in [0, 0.1) is 0 Å². The van der Waals surface area contributed by atoms with Crippen molar-refractivity contribution >= 4 is 33.4 Å². The van der Waals surface area contributed by atoms with Crippen molar-refractivity contribution in [1.82, 2.24) is 14.7 Å². The average Bonchev–Trinajstić information content (AvgIpc) is 2.80. The van der Waals surface area contributed by atoms with Gasteiger partial charge in [0.15, 0.2) is 9.84 Å². The minimum atomic E-state index is -3.22. The lowest BCUT2D eigenvalue weighted by atomic mass is 10.0. The van der Waals surface area contributed by atoms with Crippen molar-refractivity contribution in [1.29, 1.82) is 0 Å². The normalized spacial score (nSPS) is 25.8. The SMILES string of the molecule is CCCSCC(=O)N1CCN(C(=O)CN(C)C)[C@H]2CS(=O)(=O)C[C@H]21. The van der Waals surface area contributed by atoms with Gasteiger partial charge in [-0.1, -0.05) is 6.92 Å². The zero-order valence-corrected chi connectivity index (χ0v) is 16.2. The van der Waals surface area contributed by atoms with E-state index in [1.165, 1.54) is 0 Å². The Morgan fingerprint density at radius 3 is 2.12 bits per heavy atom. The van der Waals surface area contributed by atoms with Gasteiger partial charge in [-0.15, -0.1) is 0 Å². The van der Waals surface area contributed by atoms with Crippen LogP contribution in [0.3, 0.4) is 0 Å². The van der Waals surface area contributed by atoms with Gasteiger partial charge < -0.3 is 14.7 Å². The predicted octanol–water partition coefficient (Wildman–Crippen LogP) is -0.472. The van der Waals surface area contributed by atoms with Crippen LogP contribution >= 0.6 is 11.8 Å². The monoisotopic (exact) mass is 377 g/mol. The molecule has 9 heteroatoms. The smallest absolute Gasteiger partial charge is 0.237 e. The van der Waals surface area contributed by atoms with Crippen molar-refractivity contribution in [2.75, 3.05) is 56.7 Å². The van der Waals surface area contributed by atoms with Crippen LogP contribution in [0.4, 0.5) is 0 Å². The molecule has 138 valence electrons. The maximum Gasteiger partial charge on any atom is 0.237 e. The van der Waals surface area contributed by atoms with Crippen molar-refractivity contribution in [3.63, 3.8) is 0 Å². The van der Waals surface area contributed by atoms with Crippen molar-refractivity contribution in [2.45, 2.75) is 25.4 Å². The van der Waals surface area contributed by atoms with Gasteiger partial charge in [0.05, 0.1) is 35.9 Å². The molecule has 0 aromatic heterocycles. The topological polar surface area (TPSA) is 78.0 Å². The van der Waals surface area contributed by atoms with Gasteiger partial charge in [-0.2, -0.15) is 11.8 Å². The van der Waals surface area contributed by atoms with E-state index < -0.39 is 21.9 Å². The van der Waals surface area contributed by atoms with Crippen LogP contribution in [0.2, 0.25) is 0 Å². The molecule has 0 N–H and O–H groups in total. The highest BCUT2D eigenvalue weighted by molar-refractivity contribution is 7.99. The number of likely N-dealkylation sites (N-methyl/N-ethyl adjacent to an activating group) is 1. The van der Waals surface area contributed by atoms with Gasteiger partial charge in [0.2, 0.25) is 11.8 Å². The van der Waals surface area contributed by atoms with E-state index in [0.29, 0.717) is 18.8 Å². The second-order valence-corrected chi connectivity index (χ2v) is 9.94. The summed E-state index contributed by atoms with van der Waals surface area (Å²) in [7, 11) is 0.398. The Kier molecular flexibility index (Phi) is 6.55. The molecular formula is C15H27N3O4S2. The Bertz CT molecular complexity index is 579. The van der Waals surface area contributed by atoms with Crippen LogP contribution in [0.25, 0.3) is 0 Å². The molecule has 0 aromatic rings. The second-order valence-electron chi connectivity index (χ2n) is 6.68. The molecule has 0 bridgehead atoms. The molecule has 2 heterocycles. The maximum absolute atomic E-state index is 12.5. The molecule has 0 aliphatic carbocycles. The summed E-state index contributed by atoms with van der Waals surface area (Å²) < 4.78 is 24.2. The highest BCUT2D eigenvalue weighted by Crippen LogP contribution is 2.27. The molecule has 0 unspecified atom stereocenters. The highest BCUT2D eigenvalue weighted by atomic mass is 32.2. The van der Waals surface area contributed by atoms with E-state index in [1.54, 1.807) is 26.5 Å². The molecule has 24 heavy (non-hydrogen) atoms. The fourth-order valence-corrected chi connectivity index (χ4v) is 6.07. The summed E-state index contributed by atoms with van der Waals surface area (Å²) in [6.07, 6.45) is 1.01. The molecule has 7 nitrogen and oxygen atoms in total. The number of piperazine rings is 1. The van der Waals surface area contributed by atoms with E-state index in [0.717, 1.165) is 12.2 Å². The van der Waals surface area contributed by atoms with Crippen LogP contribution in [0.15, 0.2) is 0 Å². The highest BCUT2D eigenvalue weighted by Gasteiger charge is 2.49. The third kappa shape index (κ3) is 4.64. The van der Waals surface area contributed by atoms with Crippen molar-refractivity contribution < 1.29 is 18.0 Å². The van der Waals surface area contributed by atoms with Crippen molar-refractivity contribution in [3.8, 4) is 0 Å². The molecule has 2 saturated heterocycles. The summed E-state index contributed by atoms with van der Waals surface area (Å²) in [5.74, 6) is 1.14. The Balaban J connectivity index is 2.12. The second kappa shape index (κ2) is 8.05. The molecule has 0 saturated carbocycles. The van der Waals surface area contributed by atoms with E-state index in [4.69, 9.17) is 0 Å². The largest absolute Gasteiger partial charge is 0.334 e. The van der Waals surface area contributed by atoms with E-state index in [1.807, 2.05) is 14.1 Å². The number of thioether (sulfide) groups is 1. The molecule has 0 spiro atoms. The van der Waals surface area contributed by atoms with E-state index in [2.05, 4.69) is 6.92 Å². The Morgan fingerprint density at radius 1 is 1.08 bits per heavy atom. The predicted molar refractivity (Wildman–Crippen MR) is 95.8 cm³/mol. The lowest BCUT2D eigenvalue weighted by Crippen LogP contribution is -2.63. The Hall–Kier alpha value is -0.800. The van der Waals surface area contributed by atoms with Crippen LogP contribution in [0.1, 0.15) is 13.3 Å². The zero-order chi connectivity index (χ0) is 17.9. The van der Waals surface area contributed by atoms with Gasteiger partial charge in [0.1, 0.15) is 0 Å². The third-order valence-corrected chi connectivity index (χ3v) is 7.19. The van der Waals surface area contributed by atoms with Crippen LogP contribution in [-0.2, 0) is 19.4 Å². The summed E-state index contributed by atoms with van der Waals surface area (Å²) in [4.78, 5) is 30.0. The first-order valence-corrected chi connectivity index (χ1v) is 11.2. The molecule has 2 rings (SSSR count). The standard InChI is InChI=1S/C15H27N3O4S2/c1-4-7-23-9-15(20)18-6-5-17(14(19)8-16(2)3)12-10-24(21,22)11-13(12)18/h12-13H,4-11H2,1-3H3/t12-,13+/m0/s1. The quantitative estimate of drug-likeness (QED) is 0.582. The minimum Gasteiger partial charge on any atom is -0.334 e. The summed E-state index contributed by atoms with van der Waals surface area (Å²) in [5, 5.41) is 0. The molecule has 2 aliphatic heterocycles. The summed E-state index contributed by atoms with van der Waals surface area (Å²) in [5.41, 5.74) is 0. The molecule has 2 amide bonds. The van der Waals surface area contributed by atoms with E-state index in [9.17, 15) is 18.0 Å². The zero-order valence-electron chi connectivity index (χ0n) is 14.6. The van der Waals surface area contributed by atoms with Crippen LogP contribution < -0.4 is 0 Å². The van der Waals surface area contributed by atoms with Gasteiger partial charge >= 0.3 is 0 Å². The van der Waals surface area contributed by atoms with Gasteiger partial charge in [-0.3, -0.25) is 9.59 Å². The molecule has 2 atom stereocenters. The fourth-order valence-electron chi connectivity index (χ4n) is 3.32. The number of amides is 2. The first-order chi connectivity index (χ1) is 11.2. The number of hydrogen-bond donors (Lipinski definition) is 0. The first kappa shape index (κ1) is 19.5. The van der Waals surface area contributed by atoms with Crippen LogP contribution in [0.5, 0.6) is 0 Å². The first-order valence-electron chi connectivity index (χ1n) is 8.27. The van der Waals surface area contributed by atoms with E-state index >= 15 is 0 Å². The number of nitrogens with zero attached hydrogens (tertiary/aromatic N) is 3. The van der Waals surface area contributed by atoms with E-state index in [-0.39, 0.29) is 29.9 Å². The number of fused-ring (bicyclic) bond motifs is 1. The minimum absolute atomic E-state index is 0.0136. The Morgan fingerprint density at radius 2 is 1.62 bits per heavy atom. The number of carbonyl (C=O) groups is 2. The van der Waals surface area contributed by atoms with Gasteiger partial charge in [0.25, 0.3) is 0 Å². The average molecular weight is 378 g/mol. The lowest BCUT2D eigenvalue weighted by molar-refractivity contribution is -0.144. The van der Waals surface area contributed by atoms with Crippen LogP contribution in [-0.4, -0.2) is 104 Å². The number of hydrogen-bond acceptors (Lipinski definition) is 6. The molecule has 0 aromatic carbocycles. The van der Waals surface area contributed by atoms with Gasteiger partial charge in [-0.05, 0) is 26.3 Å². The summed E-state index contributed by atoms with van der Waals surface area (Å²) in [6, 6.07) is -0.805. The van der Waals surface area contributed by atoms with Crippen molar-refractivity contribution in [3.05, 3.63) is 0 Å². The number of carbonyl (C=O) groups excluding carboxylic acids is 2. The molecule has 2 aliphatic rings. The third-order valence-electron chi connectivity index (χ3n) is 4.34. The Labute approximate surface area is 148 Å². The lowest BCUT2D eigenvalue weighted by Gasteiger charge is -2.44. The number of sulfone groups is 1. The molecular weight excluding hydrogens is 350 g/mol. The van der Waals surface area contributed by atoms with Crippen molar-refractivity contribution in [2.24, 2.45) is 0 Å². The molecule has 2 fully saturated rings. The number of rotatable bonds is 6. The molecule has 0 radical (unpaired) electrons. The van der Waals surface area contributed by atoms with Gasteiger partial charge in [0, 0.05) is 13.1 Å². The fraction of sp³-hybridized carbons (Fsp3) is 0.867. The summed E-state index contributed by atoms with van der Waals surface area (Å²) in [6.45, 7) is 3.14. The maximum atomic E-state index is 12.5.